The molecule has 3 heterocycles. The van der Waals surface area contributed by atoms with Gasteiger partial charge in [-0.05, 0) is 63.5 Å². The number of nitrogens with zero attached hydrogens (tertiary/aromatic N) is 2. The number of likely N-dealkylation sites (tertiary alicyclic amines) is 1. The Morgan fingerprint density at radius 1 is 1.20 bits per heavy atom. The summed E-state index contributed by atoms with van der Waals surface area (Å²) in [4.78, 5) is 17.7. The SMILES string of the molecule is CC(C)(C)NC(=O)N1CCCC2CN3CCc4ccccc4C3CC21. The van der Waals surface area contributed by atoms with E-state index in [1.165, 1.54) is 24.1 Å². The Labute approximate surface area is 151 Å². The molecule has 0 spiro atoms. The molecule has 0 aliphatic carbocycles. The van der Waals surface area contributed by atoms with Crippen molar-refractivity contribution in [2.75, 3.05) is 19.6 Å². The molecule has 3 unspecified atom stereocenters. The van der Waals surface area contributed by atoms with Crippen molar-refractivity contribution >= 4 is 6.03 Å². The van der Waals surface area contributed by atoms with Gasteiger partial charge in [-0.2, -0.15) is 0 Å². The first-order valence-electron chi connectivity index (χ1n) is 9.83. The summed E-state index contributed by atoms with van der Waals surface area (Å²) in [5.74, 6) is 0.626. The molecule has 0 bridgehead atoms. The van der Waals surface area contributed by atoms with E-state index in [9.17, 15) is 4.79 Å². The molecule has 1 aromatic carbocycles. The Hall–Kier alpha value is -1.55. The second kappa shape index (κ2) is 6.31. The van der Waals surface area contributed by atoms with Gasteiger partial charge in [0.05, 0.1) is 0 Å². The van der Waals surface area contributed by atoms with Crippen LogP contribution in [-0.2, 0) is 6.42 Å². The lowest BCUT2D eigenvalue weighted by Crippen LogP contribution is -2.60. The van der Waals surface area contributed by atoms with Gasteiger partial charge in [0, 0.05) is 37.3 Å². The van der Waals surface area contributed by atoms with Crippen LogP contribution in [0.2, 0.25) is 0 Å². The van der Waals surface area contributed by atoms with E-state index in [1.54, 1.807) is 0 Å². The summed E-state index contributed by atoms with van der Waals surface area (Å²) < 4.78 is 0. The summed E-state index contributed by atoms with van der Waals surface area (Å²) in [7, 11) is 0. The summed E-state index contributed by atoms with van der Waals surface area (Å²) in [5, 5.41) is 3.19. The molecule has 25 heavy (non-hydrogen) atoms. The molecule has 0 aromatic heterocycles. The van der Waals surface area contributed by atoms with E-state index in [0.717, 1.165) is 32.4 Å². The van der Waals surface area contributed by atoms with Crippen LogP contribution < -0.4 is 5.32 Å². The summed E-state index contributed by atoms with van der Waals surface area (Å²) in [5.41, 5.74) is 2.82. The minimum absolute atomic E-state index is 0.125. The van der Waals surface area contributed by atoms with E-state index >= 15 is 0 Å². The number of carbonyl (C=O) groups excluding carboxylic acids is 1. The molecular formula is C21H31N3O. The van der Waals surface area contributed by atoms with Crippen LogP contribution in [0, 0.1) is 5.92 Å². The minimum Gasteiger partial charge on any atom is -0.333 e. The normalized spacial score (nSPS) is 29.4. The second-order valence-electron chi connectivity index (χ2n) is 9.04. The van der Waals surface area contributed by atoms with E-state index < -0.39 is 0 Å². The molecule has 1 N–H and O–H groups in total. The van der Waals surface area contributed by atoms with Gasteiger partial charge in [0.2, 0.25) is 0 Å². The van der Waals surface area contributed by atoms with Crippen LogP contribution in [0.4, 0.5) is 4.79 Å². The number of hydrogen-bond acceptors (Lipinski definition) is 2. The van der Waals surface area contributed by atoms with Crippen molar-refractivity contribution in [1.29, 1.82) is 0 Å². The Kier molecular flexibility index (Phi) is 4.27. The van der Waals surface area contributed by atoms with Gasteiger partial charge >= 0.3 is 6.03 Å². The highest BCUT2D eigenvalue weighted by atomic mass is 16.2. The molecule has 136 valence electrons. The quantitative estimate of drug-likeness (QED) is 0.783. The van der Waals surface area contributed by atoms with Crippen molar-refractivity contribution < 1.29 is 4.79 Å². The number of fused-ring (bicyclic) bond motifs is 4. The summed E-state index contributed by atoms with van der Waals surface area (Å²) >= 11 is 0. The van der Waals surface area contributed by atoms with Crippen LogP contribution in [0.25, 0.3) is 0 Å². The average molecular weight is 341 g/mol. The third-order valence-electron chi connectivity index (χ3n) is 6.12. The van der Waals surface area contributed by atoms with Gasteiger partial charge in [0.25, 0.3) is 0 Å². The van der Waals surface area contributed by atoms with Crippen LogP contribution in [0.15, 0.2) is 24.3 Å². The molecule has 4 heteroatoms. The number of urea groups is 1. The molecular weight excluding hydrogens is 310 g/mol. The van der Waals surface area contributed by atoms with E-state index in [0.29, 0.717) is 18.0 Å². The molecule has 2 amide bonds. The molecule has 0 saturated carbocycles. The fourth-order valence-electron chi connectivity index (χ4n) is 5.04. The predicted molar refractivity (Wildman–Crippen MR) is 101 cm³/mol. The number of benzene rings is 1. The van der Waals surface area contributed by atoms with Gasteiger partial charge in [-0.25, -0.2) is 4.79 Å². The number of rotatable bonds is 0. The van der Waals surface area contributed by atoms with E-state index in [1.807, 2.05) is 0 Å². The molecule has 3 aliphatic rings. The minimum atomic E-state index is -0.178. The van der Waals surface area contributed by atoms with E-state index in [4.69, 9.17) is 0 Å². The molecule has 3 aliphatic heterocycles. The van der Waals surface area contributed by atoms with Crippen molar-refractivity contribution in [2.45, 2.75) is 64.1 Å². The van der Waals surface area contributed by atoms with Crippen molar-refractivity contribution in [3.05, 3.63) is 35.4 Å². The topological polar surface area (TPSA) is 35.6 Å². The highest BCUT2D eigenvalue weighted by Gasteiger charge is 2.44. The molecule has 0 radical (unpaired) electrons. The standard InChI is InChI=1S/C21H31N3O/c1-21(2,3)22-20(25)24-11-6-8-16-14-23-12-10-15-7-4-5-9-17(15)19(23)13-18(16)24/h4-5,7,9,16,18-19H,6,8,10-14H2,1-3H3,(H,22,25). The number of nitrogens with one attached hydrogen (secondary N) is 1. The fourth-order valence-corrected chi connectivity index (χ4v) is 5.04. The van der Waals surface area contributed by atoms with Crippen LogP contribution >= 0.6 is 0 Å². The number of hydrogen-bond donors (Lipinski definition) is 1. The predicted octanol–water partition coefficient (Wildman–Crippen LogP) is 3.58. The van der Waals surface area contributed by atoms with Crippen LogP contribution in [0.5, 0.6) is 0 Å². The summed E-state index contributed by atoms with van der Waals surface area (Å²) in [6, 6.07) is 9.89. The zero-order chi connectivity index (χ0) is 17.6. The first kappa shape index (κ1) is 16.9. The second-order valence-corrected chi connectivity index (χ2v) is 9.04. The first-order chi connectivity index (χ1) is 11.9. The molecule has 2 saturated heterocycles. The zero-order valence-corrected chi connectivity index (χ0v) is 15.8. The maximum Gasteiger partial charge on any atom is 0.318 e. The monoisotopic (exact) mass is 341 g/mol. The maximum absolute atomic E-state index is 12.9. The van der Waals surface area contributed by atoms with Crippen molar-refractivity contribution in [1.82, 2.24) is 15.1 Å². The third kappa shape index (κ3) is 3.29. The summed E-state index contributed by atoms with van der Waals surface area (Å²) in [6.45, 7) is 9.39. The molecule has 4 nitrogen and oxygen atoms in total. The van der Waals surface area contributed by atoms with Gasteiger partial charge < -0.3 is 10.2 Å². The highest BCUT2D eigenvalue weighted by Crippen LogP contribution is 2.42. The number of piperidine rings is 2. The van der Waals surface area contributed by atoms with Gasteiger partial charge in [-0.15, -0.1) is 0 Å². The lowest BCUT2D eigenvalue weighted by atomic mass is 9.77. The Bertz CT molecular complexity index is 651. The Morgan fingerprint density at radius 3 is 2.80 bits per heavy atom. The van der Waals surface area contributed by atoms with Crippen molar-refractivity contribution in [3.63, 3.8) is 0 Å². The maximum atomic E-state index is 12.9. The molecule has 1 aromatic rings. The first-order valence-corrected chi connectivity index (χ1v) is 9.83. The number of amides is 2. The van der Waals surface area contributed by atoms with Crippen LogP contribution in [-0.4, -0.2) is 47.0 Å². The lowest BCUT2D eigenvalue weighted by molar-refractivity contribution is 0.00473. The van der Waals surface area contributed by atoms with Crippen molar-refractivity contribution in [3.8, 4) is 0 Å². The van der Waals surface area contributed by atoms with Gasteiger partial charge in [-0.1, -0.05) is 24.3 Å². The van der Waals surface area contributed by atoms with Crippen molar-refractivity contribution in [2.24, 2.45) is 5.92 Å². The molecule has 3 atom stereocenters. The lowest BCUT2D eigenvalue weighted by Gasteiger charge is -2.52. The van der Waals surface area contributed by atoms with Gasteiger partial charge in [0.15, 0.2) is 0 Å². The zero-order valence-electron chi connectivity index (χ0n) is 15.8. The molecule has 4 rings (SSSR count). The molecule has 2 fully saturated rings. The Balaban J connectivity index is 1.57. The van der Waals surface area contributed by atoms with E-state index in [2.05, 4.69) is 60.2 Å². The smallest absolute Gasteiger partial charge is 0.318 e. The van der Waals surface area contributed by atoms with Crippen LogP contribution in [0.1, 0.15) is 57.2 Å². The summed E-state index contributed by atoms with van der Waals surface area (Å²) in [6.07, 6.45) is 4.64. The number of carbonyl (C=O) groups is 1. The van der Waals surface area contributed by atoms with E-state index in [-0.39, 0.29) is 11.6 Å². The average Bonchev–Trinajstić information content (AvgIpc) is 2.58. The Morgan fingerprint density at radius 2 is 2.00 bits per heavy atom. The fraction of sp³-hybridized carbons (Fsp3) is 0.667. The largest absolute Gasteiger partial charge is 0.333 e. The van der Waals surface area contributed by atoms with Gasteiger partial charge in [0.1, 0.15) is 0 Å². The highest BCUT2D eigenvalue weighted by molar-refractivity contribution is 5.75. The van der Waals surface area contributed by atoms with Gasteiger partial charge in [-0.3, -0.25) is 4.90 Å². The third-order valence-corrected chi connectivity index (χ3v) is 6.12. The van der Waals surface area contributed by atoms with Crippen LogP contribution in [0.3, 0.4) is 0 Å².